The lowest BCUT2D eigenvalue weighted by molar-refractivity contribution is -0.112. The van der Waals surface area contributed by atoms with Crippen molar-refractivity contribution in [1.29, 1.82) is 5.26 Å². The number of ether oxygens (including phenoxy) is 2. The fraction of sp³-hybridized carbons (Fsp3) is 0.421. The average Bonchev–Trinajstić information content (AvgIpc) is 2.69. The van der Waals surface area contributed by atoms with Crippen LogP contribution in [0.15, 0.2) is 30.0 Å². The molecule has 0 aliphatic carbocycles. The van der Waals surface area contributed by atoms with Crippen LogP contribution in [-0.4, -0.2) is 49.7 Å². The topological polar surface area (TPSA) is 104 Å². The molecule has 0 unspecified atom stereocenters. The van der Waals surface area contributed by atoms with Crippen LogP contribution >= 0.6 is 11.6 Å². The number of nitrogens with zero attached hydrogens (tertiary/aromatic N) is 2. The molecule has 1 saturated heterocycles. The van der Waals surface area contributed by atoms with Crippen LogP contribution in [0.2, 0.25) is 5.02 Å². The number of carbonyl (C=O) groups excluding carboxylic acids is 2. The van der Waals surface area contributed by atoms with Gasteiger partial charge in [-0.3, -0.25) is 4.79 Å². The lowest BCUT2D eigenvalue weighted by Crippen LogP contribution is -2.44. The Morgan fingerprint density at radius 3 is 2.68 bits per heavy atom. The van der Waals surface area contributed by atoms with Gasteiger partial charge in [-0.15, -0.1) is 0 Å². The van der Waals surface area contributed by atoms with Crippen molar-refractivity contribution in [2.75, 3.05) is 32.1 Å². The Balaban J connectivity index is 1.90. The van der Waals surface area contributed by atoms with Crippen LogP contribution in [0.3, 0.4) is 0 Å². The van der Waals surface area contributed by atoms with E-state index in [0.29, 0.717) is 49.0 Å². The number of rotatable bonds is 6. The fourth-order valence-corrected chi connectivity index (χ4v) is 2.99. The molecular formula is C19H23ClN4O4. The van der Waals surface area contributed by atoms with Crippen molar-refractivity contribution >= 4 is 29.3 Å². The van der Waals surface area contributed by atoms with Gasteiger partial charge in [-0.2, -0.15) is 5.26 Å². The summed E-state index contributed by atoms with van der Waals surface area (Å²) in [6.07, 6.45) is 2.49. The Kier molecular flexibility index (Phi) is 7.96. The maximum atomic E-state index is 12.3. The van der Waals surface area contributed by atoms with Crippen LogP contribution in [0.5, 0.6) is 5.75 Å². The van der Waals surface area contributed by atoms with Crippen LogP contribution in [0, 0.1) is 11.3 Å². The number of likely N-dealkylation sites (tertiary alicyclic amines) is 1. The van der Waals surface area contributed by atoms with Gasteiger partial charge >= 0.3 is 6.09 Å². The van der Waals surface area contributed by atoms with Gasteiger partial charge in [0.05, 0.1) is 18.7 Å². The Hall–Kier alpha value is -2.92. The number of nitriles is 1. The average molecular weight is 407 g/mol. The normalized spacial score (nSPS) is 14.8. The van der Waals surface area contributed by atoms with E-state index in [9.17, 15) is 14.9 Å². The van der Waals surface area contributed by atoms with Crippen LogP contribution in [0.25, 0.3) is 0 Å². The standard InChI is InChI=1S/C19H23ClN4O4/c1-3-28-19(26)24-8-6-14(7-9-24)22-12-13(11-21)18(25)23-15-4-5-17(27-2)16(20)10-15/h4-5,10,12,14,22H,3,6-9H2,1-2H3,(H,23,25)/b13-12-. The highest BCUT2D eigenvalue weighted by Gasteiger charge is 2.23. The maximum Gasteiger partial charge on any atom is 0.409 e. The van der Waals surface area contributed by atoms with Crippen molar-refractivity contribution in [2.24, 2.45) is 0 Å². The molecule has 0 aromatic heterocycles. The van der Waals surface area contributed by atoms with Crippen LogP contribution in [0.1, 0.15) is 19.8 Å². The second-order valence-electron chi connectivity index (χ2n) is 6.10. The summed E-state index contributed by atoms with van der Waals surface area (Å²) in [6, 6.07) is 6.76. The van der Waals surface area contributed by atoms with Crippen molar-refractivity contribution in [1.82, 2.24) is 10.2 Å². The highest BCUT2D eigenvalue weighted by molar-refractivity contribution is 6.32. The minimum atomic E-state index is -0.541. The zero-order valence-electron chi connectivity index (χ0n) is 15.8. The van der Waals surface area contributed by atoms with E-state index in [4.69, 9.17) is 21.1 Å². The van der Waals surface area contributed by atoms with Gasteiger partial charge in [0.2, 0.25) is 0 Å². The molecule has 1 heterocycles. The summed E-state index contributed by atoms with van der Waals surface area (Å²) in [5.41, 5.74) is 0.402. The first-order chi connectivity index (χ1) is 13.5. The SMILES string of the molecule is CCOC(=O)N1CCC(N/C=C(/C#N)C(=O)Nc2ccc(OC)c(Cl)c2)CC1. The predicted molar refractivity (Wildman–Crippen MR) is 105 cm³/mol. The Morgan fingerprint density at radius 2 is 2.11 bits per heavy atom. The van der Waals surface area contributed by atoms with E-state index < -0.39 is 5.91 Å². The van der Waals surface area contributed by atoms with Gasteiger partial charge in [0.25, 0.3) is 5.91 Å². The zero-order chi connectivity index (χ0) is 20.5. The van der Waals surface area contributed by atoms with E-state index >= 15 is 0 Å². The van der Waals surface area contributed by atoms with Crippen LogP contribution in [-0.2, 0) is 9.53 Å². The van der Waals surface area contributed by atoms with Gasteiger partial charge in [-0.1, -0.05) is 11.6 Å². The molecule has 1 aliphatic heterocycles. The van der Waals surface area contributed by atoms with E-state index in [1.807, 2.05) is 6.07 Å². The summed E-state index contributed by atoms with van der Waals surface area (Å²) in [5.74, 6) is -0.0493. The minimum Gasteiger partial charge on any atom is -0.495 e. The van der Waals surface area contributed by atoms with Crippen molar-refractivity contribution in [3.63, 3.8) is 0 Å². The summed E-state index contributed by atoms with van der Waals surface area (Å²) < 4.78 is 10.0. The van der Waals surface area contributed by atoms with Gasteiger partial charge < -0.3 is 25.0 Å². The van der Waals surface area contributed by atoms with Crippen molar-refractivity contribution in [3.8, 4) is 11.8 Å². The predicted octanol–water partition coefficient (Wildman–Crippen LogP) is 2.91. The molecule has 0 bridgehead atoms. The molecule has 9 heteroatoms. The molecule has 2 amide bonds. The van der Waals surface area contributed by atoms with Crippen molar-refractivity contribution < 1.29 is 19.1 Å². The molecule has 0 saturated carbocycles. The number of hydrogen-bond acceptors (Lipinski definition) is 6. The molecule has 0 spiro atoms. The third-order valence-electron chi connectivity index (χ3n) is 4.26. The molecule has 1 aliphatic rings. The van der Waals surface area contributed by atoms with Crippen LogP contribution in [0.4, 0.5) is 10.5 Å². The first kappa shape index (κ1) is 21.4. The van der Waals surface area contributed by atoms with Gasteiger partial charge in [0.1, 0.15) is 17.4 Å². The molecular weight excluding hydrogens is 384 g/mol. The number of hydrogen-bond donors (Lipinski definition) is 2. The largest absolute Gasteiger partial charge is 0.495 e. The molecule has 1 aromatic rings. The quantitative estimate of drug-likeness (QED) is 0.556. The Labute approximate surface area is 169 Å². The molecule has 1 aromatic carbocycles. The van der Waals surface area contributed by atoms with E-state index in [2.05, 4.69) is 10.6 Å². The van der Waals surface area contributed by atoms with Gasteiger partial charge in [0.15, 0.2) is 0 Å². The number of piperidine rings is 1. The minimum absolute atomic E-state index is 0.0558. The second-order valence-corrected chi connectivity index (χ2v) is 6.51. The number of methoxy groups -OCH3 is 1. The maximum absolute atomic E-state index is 12.3. The highest BCUT2D eigenvalue weighted by Crippen LogP contribution is 2.27. The molecule has 0 atom stereocenters. The van der Waals surface area contributed by atoms with E-state index in [0.717, 1.165) is 0 Å². The third-order valence-corrected chi connectivity index (χ3v) is 4.55. The first-order valence-corrected chi connectivity index (χ1v) is 9.29. The lowest BCUT2D eigenvalue weighted by atomic mass is 10.1. The van der Waals surface area contributed by atoms with E-state index in [1.165, 1.54) is 13.3 Å². The summed E-state index contributed by atoms with van der Waals surface area (Å²) in [6.45, 7) is 3.23. The van der Waals surface area contributed by atoms with E-state index in [1.54, 1.807) is 30.0 Å². The summed E-state index contributed by atoms with van der Waals surface area (Å²) in [7, 11) is 1.50. The smallest absolute Gasteiger partial charge is 0.409 e. The number of nitrogens with one attached hydrogen (secondary N) is 2. The monoisotopic (exact) mass is 406 g/mol. The van der Waals surface area contributed by atoms with E-state index in [-0.39, 0.29) is 17.7 Å². The van der Waals surface area contributed by atoms with Crippen molar-refractivity contribution in [2.45, 2.75) is 25.8 Å². The lowest BCUT2D eigenvalue weighted by Gasteiger charge is -2.31. The molecule has 28 heavy (non-hydrogen) atoms. The molecule has 2 N–H and O–H groups in total. The zero-order valence-corrected chi connectivity index (χ0v) is 16.6. The number of amides is 2. The molecule has 150 valence electrons. The molecule has 2 rings (SSSR count). The Bertz CT molecular complexity index is 783. The van der Waals surface area contributed by atoms with Gasteiger partial charge in [-0.25, -0.2) is 4.79 Å². The highest BCUT2D eigenvalue weighted by atomic mass is 35.5. The molecule has 1 fully saturated rings. The number of anilines is 1. The number of carbonyl (C=O) groups is 2. The number of halogens is 1. The first-order valence-electron chi connectivity index (χ1n) is 8.91. The Morgan fingerprint density at radius 1 is 1.39 bits per heavy atom. The summed E-state index contributed by atoms with van der Waals surface area (Å²) >= 11 is 6.04. The van der Waals surface area contributed by atoms with Crippen LogP contribution < -0.4 is 15.4 Å². The molecule has 8 nitrogen and oxygen atoms in total. The summed E-state index contributed by atoms with van der Waals surface area (Å²) in [4.78, 5) is 25.7. The van der Waals surface area contributed by atoms with Gasteiger partial charge in [0, 0.05) is 31.0 Å². The fourth-order valence-electron chi connectivity index (χ4n) is 2.74. The summed E-state index contributed by atoms with van der Waals surface area (Å²) in [5, 5.41) is 15.4. The third kappa shape index (κ3) is 5.79. The van der Waals surface area contributed by atoms with Gasteiger partial charge in [-0.05, 0) is 38.0 Å². The second kappa shape index (κ2) is 10.4. The molecule has 0 radical (unpaired) electrons. The van der Waals surface area contributed by atoms with Crippen molar-refractivity contribution in [3.05, 3.63) is 35.0 Å². The number of benzene rings is 1.